The van der Waals surface area contributed by atoms with Crippen molar-refractivity contribution in [1.82, 2.24) is 19.9 Å². The zero-order valence-corrected chi connectivity index (χ0v) is 12.1. The largest absolute Gasteiger partial charge is 0.334 e. The number of benzene rings is 1. The molecule has 1 aliphatic carbocycles. The van der Waals surface area contributed by atoms with Crippen molar-refractivity contribution in [3.05, 3.63) is 54.1 Å². The summed E-state index contributed by atoms with van der Waals surface area (Å²) in [5.41, 5.74) is 7.83. The third-order valence-corrected chi connectivity index (χ3v) is 4.18. The van der Waals surface area contributed by atoms with Crippen LogP contribution in [0, 0.1) is 0 Å². The van der Waals surface area contributed by atoms with Gasteiger partial charge in [0.2, 0.25) is 0 Å². The molecule has 1 aliphatic rings. The quantitative estimate of drug-likeness (QED) is 0.798. The van der Waals surface area contributed by atoms with Crippen molar-refractivity contribution >= 4 is 0 Å². The molecule has 0 atom stereocenters. The van der Waals surface area contributed by atoms with Crippen LogP contribution < -0.4 is 5.73 Å². The van der Waals surface area contributed by atoms with Crippen LogP contribution >= 0.6 is 0 Å². The smallest absolute Gasteiger partial charge is 0.261 e. The molecule has 112 valence electrons. The van der Waals surface area contributed by atoms with Crippen LogP contribution in [0.15, 0.2) is 47.2 Å². The molecule has 1 fully saturated rings. The van der Waals surface area contributed by atoms with Crippen LogP contribution in [0.2, 0.25) is 0 Å². The number of hydrogen-bond acceptors (Lipinski definition) is 5. The minimum absolute atomic E-state index is 0.401. The van der Waals surface area contributed by atoms with E-state index in [1.54, 1.807) is 6.20 Å². The molecule has 3 aromatic rings. The van der Waals surface area contributed by atoms with Gasteiger partial charge in [-0.15, -0.1) is 0 Å². The zero-order chi connectivity index (χ0) is 15.0. The van der Waals surface area contributed by atoms with Crippen molar-refractivity contribution in [1.29, 1.82) is 0 Å². The number of nitrogens with zero attached hydrogens (tertiary/aromatic N) is 4. The van der Waals surface area contributed by atoms with E-state index in [1.807, 2.05) is 29.1 Å². The lowest BCUT2D eigenvalue weighted by Crippen LogP contribution is -2.44. The molecule has 1 saturated carbocycles. The number of nitrogens with two attached hydrogens (primary N) is 1. The zero-order valence-electron chi connectivity index (χ0n) is 12.1. The Labute approximate surface area is 127 Å². The van der Waals surface area contributed by atoms with Gasteiger partial charge in [-0.3, -0.25) is 4.68 Å². The van der Waals surface area contributed by atoms with Gasteiger partial charge in [0.1, 0.15) is 0 Å². The first-order valence-electron chi connectivity index (χ1n) is 7.43. The molecular weight excluding hydrogens is 278 g/mol. The van der Waals surface area contributed by atoms with Gasteiger partial charge < -0.3 is 10.3 Å². The van der Waals surface area contributed by atoms with Gasteiger partial charge in [-0.05, 0) is 24.8 Å². The Morgan fingerprint density at radius 2 is 2.05 bits per heavy atom. The maximum atomic E-state index is 6.22. The summed E-state index contributed by atoms with van der Waals surface area (Å²) in [6.45, 7) is 0.711. The minimum Gasteiger partial charge on any atom is -0.334 e. The maximum Gasteiger partial charge on any atom is 0.261 e. The van der Waals surface area contributed by atoms with Gasteiger partial charge in [-0.1, -0.05) is 35.5 Å². The second-order valence-electron chi connectivity index (χ2n) is 5.85. The lowest BCUT2D eigenvalue weighted by molar-refractivity contribution is 0.229. The van der Waals surface area contributed by atoms with E-state index >= 15 is 0 Å². The molecule has 6 nitrogen and oxygen atoms in total. The molecule has 0 unspecified atom stereocenters. The van der Waals surface area contributed by atoms with Crippen LogP contribution in [0.1, 0.15) is 30.7 Å². The van der Waals surface area contributed by atoms with Crippen LogP contribution in [0.25, 0.3) is 11.5 Å². The van der Waals surface area contributed by atoms with Crippen molar-refractivity contribution in [3.63, 3.8) is 0 Å². The third kappa shape index (κ3) is 2.31. The highest BCUT2D eigenvalue weighted by Gasteiger charge is 2.39. The van der Waals surface area contributed by atoms with Gasteiger partial charge in [-0.2, -0.15) is 10.1 Å². The molecule has 22 heavy (non-hydrogen) atoms. The van der Waals surface area contributed by atoms with E-state index in [2.05, 4.69) is 27.4 Å². The minimum atomic E-state index is -0.401. The molecule has 2 N–H and O–H groups in total. The van der Waals surface area contributed by atoms with Gasteiger partial charge in [0, 0.05) is 6.20 Å². The van der Waals surface area contributed by atoms with Crippen LogP contribution in [-0.4, -0.2) is 19.9 Å². The van der Waals surface area contributed by atoms with E-state index in [0.717, 1.165) is 24.8 Å². The maximum absolute atomic E-state index is 6.22. The van der Waals surface area contributed by atoms with Crippen LogP contribution in [0.3, 0.4) is 0 Å². The summed E-state index contributed by atoms with van der Waals surface area (Å²) in [6, 6.07) is 10.2. The molecule has 6 heteroatoms. The molecule has 1 aromatic carbocycles. The molecule has 0 saturated heterocycles. The lowest BCUT2D eigenvalue weighted by Gasteiger charge is -2.34. The molecule has 0 spiro atoms. The summed E-state index contributed by atoms with van der Waals surface area (Å²) in [6.07, 6.45) is 6.60. The van der Waals surface area contributed by atoms with Crippen molar-refractivity contribution in [2.45, 2.75) is 31.3 Å². The fourth-order valence-corrected chi connectivity index (χ4v) is 2.66. The molecule has 4 rings (SSSR count). The van der Waals surface area contributed by atoms with Gasteiger partial charge in [0.25, 0.3) is 5.89 Å². The second-order valence-corrected chi connectivity index (χ2v) is 5.85. The van der Waals surface area contributed by atoms with Crippen LogP contribution in [0.4, 0.5) is 0 Å². The highest BCUT2D eigenvalue weighted by atomic mass is 16.5. The van der Waals surface area contributed by atoms with E-state index in [4.69, 9.17) is 10.3 Å². The number of aromatic nitrogens is 4. The second kappa shape index (κ2) is 5.06. The van der Waals surface area contributed by atoms with Crippen molar-refractivity contribution in [3.8, 4) is 11.5 Å². The van der Waals surface area contributed by atoms with Gasteiger partial charge in [0.05, 0.1) is 23.8 Å². The van der Waals surface area contributed by atoms with Crippen molar-refractivity contribution in [2.75, 3.05) is 0 Å². The number of rotatable bonds is 4. The predicted octanol–water partition coefficient (Wildman–Crippen LogP) is 2.32. The molecule has 2 aromatic heterocycles. The molecular formula is C16H17N5O. The Kier molecular flexibility index (Phi) is 3.04. The van der Waals surface area contributed by atoms with Gasteiger partial charge in [0.15, 0.2) is 5.82 Å². The third-order valence-electron chi connectivity index (χ3n) is 4.18. The van der Waals surface area contributed by atoms with Crippen molar-refractivity contribution in [2.24, 2.45) is 5.73 Å². The summed E-state index contributed by atoms with van der Waals surface area (Å²) in [4.78, 5) is 4.44. The first-order chi connectivity index (χ1) is 10.7. The molecule has 0 radical (unpaired) electrons. The highest BCUT2D eigenvalue weighted by molar-refractivity contribution is 5.49. The Hall–Kier alpha value is -2.47. The van der Waals surface area contributed by atoms with Gasteiger partial charge in [-0.25, -0.2) is 0 Å². The average Bonchev–Trinajstić information content (AvgIpc) is 3.15. The summed E-state index contributed by atoms with van der Waals surface area (Å²) in [5, 5.41) is 8.38. The fraction of sp³-hybridized carbons (Fsp3) is 0.312. The number of hydrogen-bond donors (Lipinski definition) is 1. The van der Waals surface area contributed by atoms with E-state index in [1.165, 1.54) is 5.56 Å². The Balaban J connectivity index is 1.54. The normalized spacial score (nSPS) is 16.4. The van der Waals surface area contributed by atoms with Crippen molar-refractivity contribution < 1.29 is 4.52 Å². The highest BCUT2D eigenvalue weighted by Crippen LogP contribution is 2.37. The summed E-state index contributed by atoms with van der Waals surface area (Å²) < 4.78 is 7.20. The summed E-state index contributed by atoms with van der Waals surface area (Å²) in [7, 11) is 0. The van der Waals surface area contributed by atoms with Gasteiger partial charge >= 0.3 is 0 Å². The standard InChI is InChI=1S/C16H17N5O/c17-16(7-4-8-16)15-19-14(22-20-15)13-9-18-21(11-13)10-12-5-2-1-3-6-12/h1-3,5-6,9,11H,4,7-8,10,17H2. The molecule has 0 amide bonds. The molecule has 0 aliphatic heterocycles. The van der Waals surface area contributed by atoms with E-state index in [0.29, 0.717) is 18.3 Å². The Morgan fingerprint density at radius 3 is 2.77 bits per heavy atom. The average molecular weight is 295 g/mol. The Bertz CT molecular complexity index is 773. The summed E-state index contributed by atoms with van der Waals surface area (Å²) in [5.74, 6) is 1.08. The fourth-order valence-electron chi connectivity index (χ4n) is 2.66. The van der Waals surface area contributed by atoms with E-state index in [9.17, 15) is 0 Å². The van der Waals surface area contributed by atoms with E-state index < -0.39 is 5.54 Å². The molecule has 2 heterocycles. The monoisotopic (exact) mass is 295 g/mol. The first-order valence-corrected chi connectivity index (χ1v) is 7.43. The molecule has 0 bridgehead atoms. The SMILES string of the molecule is NC1(c2noc(-c3cnn(Cc4ccccc4)c3)n2)CCC1. The first kappa shape index (κ1) is 13.2. The lowest BCUT2D eigenvalue weighted by atomic mass is 9.77. The van der Waals surface area contributed by atoms with Crippen LogP contribution in [0.5, 0.6) is 0 Å². The summed E-state index contributed by atoms with van der Waals surface area (Å²) >= 11 is 0. The Morgan fingerprint density at radius 1 is 1.23 bits per heavy atom. The van der Waals surface area contributed by atoms with E-state index in [-0.39, 0.29) is 0 Å². The van der Waals surface area contributed by atoms with Crippen LogP contribution in [-0.2, 0) is 12.1 Å². The topological polar surface area (TPSA) is 82.8 Å². The predicted molar refractivity (Wildman–Crippen MR) is 80.8 cm³/mol.